The number of rotatable bonds is 6. The number of fused-ring (bicyclic) bond motifs is 3. The lowest BCUT2D eigenvalue weighted by molar-refractivity contribution is 0.102. The van der Waals surface area contributed by atoms with Gasteiger partial charge < -0.3 is 9.73 Å². The zero-order valence-corrected chi connectivity index (χ0v) is 21.5. The third-order valence-electron chi connectivity index (χ3n) is 6.97. The van der Waals surface area contributed by atoms with E-state index in [1.807, 2.05) is 72.8 Å². The van der Waals surface area contributed by atoms with E-state index in [0.717, 1.165) is 27.5 Å². The highest BCUT2D eigenvalue weighted by atomic mass is 32.2. The second kappa shape index (κ2) is 10.1. The van der Waals surface area contributed by atoms with Gasteiger partial charge in [0.05, 0.1) is 4.90 Å². The summed E-state index contributed by atoms with van der Waals surface area (Å²) in [5.41, 5.74) is 3.87. The molecule has 192 valence electrons. The van der Waals surface area contributed by atoms with Crippen LogP contribution >= 0.6 is 0 Å². The lowest BCUT2D eigenvalue weighted by Gasteiger charge is -2.34. The van der Waals surface area contributed by atoms with Gasteiger partial charge in [-0.05, 0) is 48.0 Å². The molecule has 0 radical (unpaired) electrons. The lowest BCUT2D eigenvalue weighted by Crippen LogP contribution is -2.48. The maximum atomic E-state index is 12.9. The molecule has 0 aliphatic carbocycles. The van der Waals surface area contributed by atoms with Gasteiger partial charge in [0.2, 0.25) is 10.0 Å². The molecule has 4 aromatic carbocycles. The van der Waals surface area contributed by atoms with E-state index < -0.39 is 10.0 Å². The molecule has 1 fully saturated rings. The lowest BCUT2D eigenvalue weighted by atomic mass is 10.1. The van der Waals surface area contributed by atoms with Crippen LogP contribution in [0.3, 0.4) is 0 Å². The Morgan fingerprint density at radius 2 is 1.45 bits per heavy atom. The van der Waals surface area contributed by atoms with E-state index in [-0.39, 0.29) is 5.91 Å². The van der Waals surface area contributed by atoms with Crippen LogP contribution in [0, 0.1) is 0 Å². The number of nitrogens with one attached hydrogen (secondary N) is 1. The highest BCUT2D eigenvalue weighted by Gasteiger charge is 2.28. The van der Waals surface area contributed by atoms with E-state index in [4.69, 9.17) is 4.42 Å². The molecular weight excluding hydrogens is 498 g/mol. The van der Waals surface area contributed by atoms with Gasteiger partial charge in [-0.2, -0.15) is 4.31 Å². The molecule has 7 nitrogen and oxygen atoms in total. The second-order valence-corrected chi connectivity index (χ2v) is 11.4. The SMILES string of the molecule is O=C(Nc1ccc2c(c1)oc1ccccc12)c1ccc(CN2CCN(S(=O)(=O)c3ccccc3)CC2)cc1. The molecule has 0 unspecified atom stereocenters. The molecule has 0 atom stereocenters. The summed E-state index contributed by atoms with van der Waals surface area (Å²) in [6, 6.07) is 29.7. The standard InChI is InChI=1S/C30H27N3O4S/c34-30(31-24-14-15-27-26-8-4-5-9-28(26)37-29(27)20-24)23-12-10-22(11-13-23)21-32-16-18-33(19-17-32)38(35,36)25-6-2-1-3-7-25/h1-15,20H,16-19,21H2,(H,31,34). The van der Waals surface area contributed by atoms with Crippen LogP contribution in [0.5, 0.6) is 0 Å². The Bertz CT molecular complexity index is 1710. The van der Waals surface area contributed by atoms with E-state index in [1.165, 1.54) is 0 Å². The minimum absolute atomic E-state index is 0.188. The van der Waals surface area contributed by atoms with Crippen molar-refractivity contribution in [2.45, 2.75) is 11.4 Å². The van der Waals surface area contributed by atoms with Crippen molar-refractivity contribution >= 4 is 43.6 Å². The maximum absolute atomic E-state index is 12.9. The summed E-state index contributed by atoms with van der Waals surface area (Å²) in [5.74, 6) is -0.188. The summed E-state index contributed by atoms with van der Waals surface area (Å²) >= 11 is 0. The van der Waals surface area contributed by atoms with Gasteiger partial charge in [0, 0.05) is 60.8 Å². The fraction of sp³-hybridized carbons (Fsp3) is 0.167. The van der Waals surface area contributed by atoms with Crippen molar-refractivity contribution in [2.24, 2.45) is 0 Å². The number of carbonyl (C=O) groups is 1. The Kier molecular flexibility index (Phi) is 6.45. The Balaban J connectivity index is 1.06. The third kappa shape index (κ3) is 4.81. The number of furan rings is 1. The topological polar surface area (TPSA) is 82.9 Å². The predicted molar refractivity (Wildman–Crippen MR) is 149 cm³/mol. The zero-order valence-electron chi connectivity index (χ0n) is 20.7. The number of amides is 1. The van der Waals surface area contributed by atoms with Crippen molar-refractivity contribution in [1.82, 2.24) is 9.21 Å². The Labute approximate surface area is 221 Å². The molecule has 1 aliphatic rings. The van der Waals surface area contributed by atoms with Crippen LogP contribution in [-0.4, -0.2) is 49.7 Å². The average molecular weight is 526 g/mol. The minimum Gasteiger partial charge on any atom is -0.456 e. The molecule has 38 heavy (non-hydrogen) atoms. The van der Waals surface area contributed by atoms with E-state index in [1.54, 1.807) is 28.6 Å². The van der Waals surface area contributed by atoms with E-state index >= 15 is 0 Å². The van der Waals surface area contributed by atoms with Gasteiger partial charge in [0.15, 0.2) is 0 Å². The van der Waals surface area contributed by atoms with Crippen LogP contribution in [0.1, 0.15) is 15.9 Å². The number of sulfonamides is 1. The van der Waals surface area contributed by atoms with Crippen LogP contribution in [0.2, 0.25) is 0 Å². The molecule has 1 amide bonds. The average Bonchev–Trinajstić information content (AvgIpc) is 3.32. The van der Waals surface area contributed by atoms with Gasteiger partial charge in [0.25, 0.3) is 5.91 Å². The smallest absolute Gasteiger partial charge is 0.255 e. The predicted octanol–water partition coefficient (Wildman–Crippen LogP) is 5.34. The highest BCUT2D eigenvalue weighted by molar-refractivity contribution is 7.89. The summed E-state index contributed by atoms with van der Waals surface area (Å²) < 4.78 is 33.2. The second-order valence-electron chi connectivity index (χ2n) is 9.45. The number of hydrogen-bond donors (Lipinski definition) is 1. The molecule has 1 N–H and O–H groups in total. The van der Waals surface area contributed by atoms with Gasteiger partial charge in [-0.1, -0.05) is 48.5 Å². The molecule has 0 bridgehead atoms. The molecule has 1 aromatic heterocycles. The van der Waals surface area contributed by atoms with E-state index in [0.29, 0.717) is 48.9 Å². The fourth-order valence-corrected chi connectivity index (χ4v) is 6.34. The van der Waals surface area contributed by atoms with Gasteiger partial charge in [-0.25, -0.2) is 8.42 Å². The first kappa shape index (κ1) is 24.4. The minimum atomic E-state index is -3.46. The van der Waals surface area contributed by atoms with Crippen LogP contribution in [-0.2, 0) is 16.6 Å². The number of para-hydroxylation sites is 1. The maximum Gasteiger partial charge on any atom is 0.255 e. The Morgan fingerprint density at radius 3 is 2.21 bits per heavy atom. The van der Waals surface area contributed by atoms with Crippen molar-refractivity contribution in [3.63, 3.8) is 0 Å². The van der Waals surface area contributed by atoms with Crippen LogP contribution in [0.25, 0.3) is 21.9 Å². The van der Waals surface area contributed by atoms with Gasteiger partial charge in [0.1, 0.15) is 11.2 Å². The summed E-state index contributed by atoms with van der Waals surface area (Å²) in [4.78, 5) is 15.4. The monoisotopic (exact) mass is 525 g/mol. The first-order valence-electron chi connectivity index (χ1n) is 12.6. The number of nitrogens with zero attached hydrogens (tertiary/aromatic N) is 2. The molecule has 5 aromatic rings. The van der Waals surface area contributed by atoms with Crippen molar-refractivity contribution in [1.29, 1.82) is 0 Å². The van der Waals surface area contributed by atoms with Gasteiger partial charge in [-0.15, -0.1) is 0 Å². The number of piperazine rings is 1. The zero-order chi connectivity index (χ0) is 26.1. The van der Waals surface area contributed by atoms with Crippen molar-refractivity contribution < 1.29 is 17.6 Å². The molecule has 0 spiro atoms. The summed E-state index contributed by atoms with van der Waals surface area (Å²) in [6.07, 6.45) is 0. The summed E-state index contributed by atoms with van der Waals surface area (Å²) in [6.45, 7) is 2.90. The first-order valence-corrected chi connectivity index (χ1v) is 14.0. The fourth-order valence-electron chi connectivity index (χ4n) is 4.90. The van der Waals surface area contributed by atoms with E-state index in [2.05, 4.69) is 10.2 Å². The number of hydrogen-bond acceptors (Lipinski definition) is 5. The molecule has 1 aliphatic heterocycles. The third-order valence-corrected chi connectivity index (χ3v) is 8.88. The van der Waals surface area contributed by atoms with Crippen molar-refractivity contribution in [3.05, 3.63) is 108 Å². The quantitative estimate of drug-likeness (QED) is 0.323. The van der Waals surface area contributed by atoms with Gasteiger partial charge in [-0.3, -0.25) is 9.69 Å². The Morgan fingerprint density at radius 1 is 0.763 bits per heavy atom. The van der Waals surface area contributed by atoms with Crippen molar-refractivity contribution in [2.75, 3.05) is 31.5 Å². The normalized spacial score (nSPS) is 15.2. The molecule has 2 heterocycles. The van der Waals surface area contributed by atoms with Crippen LogP contribution in [0.4, 0.5) is 5.69 Å². The molecule has 1 saturated heterocycles. The van der Waals surface area contributed by atoms with Crippen LogP contribution in [0.15, 0.2) is 106 Å². The summed E-state index contributed by atoms with van der Waals surface area (Å²) in [7, 11) is -3.46. The molecule has 8 heteroatoms. The largest absolute Gasteiger partial charge is 0.456 e. The molecular formula is C30H27N3O4S. The van der Waals surface area contributed by atoms with E-state index in [9.17, 15) is 13.2 Å². The summed E-state index contributed by atoms with van der Waals surface area (Å²) in [5, 5.41) is 5.02. The number of benzene rings is 4. The van der Waals surface area contributed by atoms with Crippen LogP contribution < -0.4 is 5.32 Å². The van der Waals surface area contributed by atoms with Gasteiger partial charge >= 0.3 is 0 Å². The van der Waals surface area contributed by atoms with Crippen molar-refractivity contribution in [3.8, 4) is 0 Å². The Hall–Kier alpha value is -3.98. The number of anilines is 1. The molecule has 6 rings (SSSR count). The highest BCUT2D eigenvalue weighted by Crippen LogP contribution is 2.30. The number of carbonyl (C=O) groups excluding carboxylic acids is 1. The first-order chi connectivity index (χ1) is 18.5. The molecule has 0 saturated carbocycles.